The highest BCUT2D eigenvalue weighted by Crippen LogP contribution is 2.52. The molecule has 58 heavy (non-hydrogen) atoms. The first-order chi connectivity index (χ1) is 27.7. The van der Waals surface area contributed by atoms with E-state index in [9.17, 15) is 0 Å². The van der Waals surface area contributed by atoms with Gasteiger partial charge in [0.05, 0.1) is 0 Å². The normalized spacial score (nSPS) is 11.9. The molecule has 0 fully saturated rings. The van der Waals surface area contributed by atoms with E-state index in [-0.39, 0.29) is 10.8 Å². The molecule has 0 aliphatic heterocycles. The molecule has 6 nitrogen and oxygen atoms in total. The van der Waals surface area contributed by atoms with Crippen LogP contribution in [0.4, 0.5) is 0 Å². The van der Waals surface area contributed by atoms with E-state index in [0.717, 1.165) is 66.1 Å². The van der Waals surface area contributed by atoms with Crippen molar-refractivity contribution < 1.29 is 25.8 Å². The van der Waals surface area contributed by atoms with Crippen LogP contribution in [0, 0.1) is 0 Å². The Labute approximate surface area is 341 Å². The number of fused-ring (bicyclic) bond motifs is 6. The second-order valence-electron chi connectivity index (χ2n) is 16.8. The monoisotopic (exact) mass is 806 g/mol. The second kappa shape index (κ2) is 15.2. The molecule has 0 bridgehead atoms. The summed E-state index contributed by atoms with van der Waals surface area (Å²) < 4.78 is 40.9. The Bertz CT molecular complexity index is 2880. The molecule has 0 saturated heterocycles. The minimum Gasteiger partial charge on any atom is -0.390 e. The van der Waals surface area contributed by atoms with Gasteiger partial charge in [-0.3, -0.25) is 0 Å². The molecule has 0 saturated carbocycles. The summed E-state index contributed by atoms with van der Waals surface area (Å²) in [6.45, 7) is 26.1. The van der Waals surface area contributed by atoms with Gasteiger partial charge in [0.2, 0.25) is 0 Å². The minimum atomic E-state index is -2.02. The molecule has 0 radical (unpaired) electrons. The van der Waals surface area contributed by atoms with Crippen LogP contribution in [0.15, 0.2) is 151 Å². The smallest absolute Gasteiger partial charge is 0.390 e. The number of rotatable bonds is 7. The van der Waals surface area contributed by atoms with Gasteiger partial charge in [-0.05, 0) is 83.8 Å². The zero-order valence-corrected chi connectivity index (χ0v) is 36.1. The molecule has 0 aliphatic carbocycles. The van der Waals surface area contributed by atoms with Gasteiger partial charge in [-0.2, -0.15) is 0 Å². The van der Waals surface area contributed by atoms with Gasteiger partial charge in [-0.1, -0.05) is 139 Å². The summed E-state index contributed by atoms with van der Waals surface area (Å²) in [5, 5.41) is 3.75. The van der Waals surface area contributed by atoms with Gasteiger partial charge >= 0.3 is 16.5 Å². The number of hydrogen-bond acceptors (Lipinski definition) is 6. The largest absolute Gasteiger partial charge is 0.453 e. The van der Waals surface area contributed by atoms with Crippen molar-refractivity contribution in [1.29, 1.82) is 0 Å². The molecule has 0 amide bonds. The second-order valence-corrected chi connectivity index (χ2v) is 18.8. The lowest BCUT2D eigenvalue weighted by atomic mass is 9.77. The molecule has 2 heterocycles. The first-order valence-corrected chi connectivity index (χ1v) is 21.6. The Morgan fingerprint density at radius 3 is 1.26 bits per heavy atom. The molecule has 6 aromatic carbocycles. The third-order valence-corrected chi connectivity index (χ3v) is 12.3. The van der Waals surface area contributed by atoms with Crippen LogP contribution in [0.1, 0.15) is 77.6 Å². The molecule has 0 unspecified atom stereocenters. The van der Waals surface area contributed by atoms with Crippen molar-refractivity contribution in [2.75, 3.05) is 0 Å². The van der Waals surface area contributed by atoms with Crippen LogP contribution in [0.25, 0.3) is 66.2 Å². The molecule has 0 N–H and O–H groups in total. The van der Waals surface area contributed by atoms with Crippen LogP contribution in [-0.4, -0.2) is 0 Å². The third kappa shape index (κ3) is 7.63. The predicted octanol–water partition coefficient (Wildman–Crippen LogP) is 16.9. The number of allylic oxidation sites excluding steroid dienone is 2. The number of benzene rings is 6. The standard InChI is InChI=1S/C50H48O6P2/c1-31(2)33-27-39(32(3)4)47(55-57-51-43-23-15-11-19-35(43)36-20-12-16-24-44(36)52-57)40(28-33)41-29-34(49(5,6)7)30-42(50(8,9)10)48(41)56-58-53-45-25-17-13-21-37(45)38-22-14-18-26-46(38)54-58/h11-30H,1,3H2,2,4-10H3. The Balaban J connectivity index is 1.47. The Morgan fingerprint density at radius 2 is 0.879 bits per heavy atom. The maximum absolute atomic E-state index is 7.18. The molecule has 8 rings (SSSR count). The van der Waals surface area contributed by atoms with Gasteiger partial charge < -0.3 is 25.8 Å². The predicted molar refractivity (Wildman–Crippen MR) is 243 cm³/mol. The van der Waals surface area contributed by atoms with Crippen LogP contribution in [-0.2, 0) is 10.8 Å². The first kappa shape index (κ1) is 39.0. The Kier molecular flexibility index (Phi) is 10.2. The van der Waals surface area contributed by atoms with E-state index >= 15 is 0 Å². The van der Waals surface area contributed by atoms with E-state index in [1.165, 1.54) is 0 Å². The molecule has 8 aromatic rings. The van der Waals surface area contributed by atoms with Crippen molar-refractivity contribution in [3.8, 4) is 22.6 Å². The lowest BCUT2D eigenvalue weighted by Crippen LogP contribution is -2.18. The van der Waals surface area contributed by atoms with Crippen molar-refractivity contribution in [3.05, 3.63) is 157 Å². The average Bonchev–Trinajstić information content (AvgIpc) is 3.44. The number of para-hydroxylation sites is 4. The summed E-state index contributed by atoms with van der Waals surface area (Å²) in [5.41, 5.74) is 9.29. The van der Waals surface area contributed by atoms with E-state index in [0.29, 0.717) is 33.8 Å². The SMILES string of the molecule is C=C(C)c1cc(C(=C)C)c(Op2oc3ccccc3c3ccccc3o2)c(-c2cc(C(C)(C)C)cc(C(C)(C)C)c2Op2oc3ccccc3c3ccccc3o2)c1. The fourth-order valence-corrected chi connectivity index (χ4v) is 9.26. The topological polar surface area (TPSA) is 71.0 Å². The van der Waals surface area contributed by atoms with Gasteiger partial charge in [0.25, 0.3) is 0 Å². The Hall–Kier alpha value is -5.80. The van der Waals surface area contributed by atoms with Gasteiger partial charge in [-0.25, -0.2) is 0 Å². The average molecular weight is 807 g/mol. The van der Waals surface area contributed by atoms with Crippen molar-refractivity contribution >= 4 is 71.5 Å². The maximum Gasteiger partial charge on any atom is 0.453 e. The van der Waals surface area contributed by atoms with Gasteiger partial charge in [0, 0.05) is 43.8 Å². The highest BCUT2D eigenvalue weighted by atomic mass is 31.1. The van der Waals surface area contributed by atoms with E-state index in [1.54, 1.807) is 0 Å². The zero-order valence-electron chi connectivity index (χ0n) is 34.3. The fraction of sp³-hybridized carbons (Fsp3) is 0.200. The van der Waals surface area contributed by atoms with Crippen LogP contribution in [0.2, 0.25) is 0 Å². The minimum absolute atomic E-state index is 0.221. The lowest BCUT2D eigenvalue weighted by Gasteiger charge is -2.29. The quantitative estimate of drug-likeness (QED) is 0.160. The van der Waals surface area contributed by atoms with Crippen LogP contribution in [0.5, 0.6) is 11.5 Å². The number of hydrogen-bond donors (Lipinski definition) is 0. The summed E-state index contributed by atoms with van der Waals surface area (Å²) in [7, 11) is -4.02. The van der Waals surface area contributed by atoms with Crippen molar-refractivity contribution in [2.24, 2.45) is 0 Å². The maximum atomic E-state index is 7.18. The van der Waals surface area contributed by atoms with Crippen molar-refractivity contribution in [2.45, 2.75) is 66.2 Å². The molecule has 2 aromatic heterocycles. The van der Waals surface area contributed by atoms with Crippen LogP contribution >= 0.6 is 16.5 Å². The fourth-order valence-electron chi connectivity index (χ4n) is 7.07. The van der Waals surface area contributed by atoms with E-state index in [4.69, 9.17) is 25.8 Å². The van der Waals surface area contributed by atoms with E-state index in [1.807, 2.05) is 111 Å². The molecular weight excluding hydrogens is 758 g/mol. The first-order valence-electron chi connectivity index (χ1n) is 19.4. The molecular formula is C50H48O6P2. The summed E-state index contributed by atoms with van der Waals surface area (Å²) in [6, 6.07) is 40.5. The van der Waals surface area contributed by atoms with Gasteiger partial charge in [-0.15, -0.1) is 0 Å². The molecule has 0 atom stereocenters. The summed E-state index contributed by atoms with van der Waals surface area (Å²) >= 11 is 0. The van der Waals surface area contributed by atoms with E-state index in [2.05, 4.69) is 79.0 Å². The molecule has 0 spiro atoms. The van der Waals surface area contributed by atoms with Crippen molar-refractivity contribution in [1.82, 2.24) is 0 Å². The van der Waals surface area contributed by atoms with Crippen LogP contribution < -0.4 is 9.05 Å². The summed E-state index contributed by atoms with van der Waals surface area (Å²) in [4.78, 5) is 0. The zero-order chi connectivity index (χ0) is 40.9. The van der Waals surface area contributed by atoms with Crippen LogP contribution in [0.3, 0.4) is 0 Å². The molecule has 8 heteroatoms. The highest BCUT2D eigenvalue weighted by molar-refractivity contribution is 7.32. The summed E-state index contributed by atoms with van der Waals surface area (Å²) in [6.07, 6.45) is 0. The van der Waals surface area contributed by atoms with Crippen molar-refractivity contribution in [3.63, 3.8) is 0 Å². The molecule has 0 aliphatic rings. The Morgan fingerprint density at radius 1 is 0.483 bits per heavy atom. The van der Waals surface area contributed by atoms with Gasteiger partial charge in [0.15, 0.2) is 5.75 Å². The summed E-state index contributed by atoms with van der Waals surface area (Å²) in [5.74, 6) is 1.19. The lowest BCUT2D eigenvalue weighted by molar-refractivity contribution is 0.476. The van der Waals surface area contributed by atoms with Gasteiger partial charge in [0.1, 0.15) is 28.1 Å². The van der Waals surface area contributed by atoms with E-state index < -0.39 is 16.5 Å². The highest BCUT2D eigenvalue weighted by Gasteiger charge is 2.31. The third-order valence-electron chi connectivity index (χ3n) is 10.2. The molecule has 294 valence electrons.